The number of hydrogen-bond acceptors (Lipinski definition) is 6. The monoisotopic (exact) mass is 321 g/mol. The SMILES string of the molecule is O=[N+]([O-])c1cc(C(F)(F)F)cc([N+](=O)[O-])c1N1CCOCC1. The molecule has 2 rings (SSSR count). The molecule has 0 N–H and O–H groups in total. The molecule has 1 aliphatic rings. The molecule has 0 aromatic heterocycles. The Morgan fingerprint density at radius 3 is 1.86 bits per heavy atom. The highest BCUT2D eigenvalue weighted by Gasteiger charge is 2.39. The summed E-state index contributed by atoms with van der Waals surface area (Å²) < 4.78 is 43.3. The molecule has 1 fully saturated rings. The Labute approximate surface area is 121 Å². The van der Waals surface area contributed by atoms with Crippen molar-refractivity contribution in [2.45, 2.75) is 6.18 Å². The summed E-state index contributed by atoms with van der Waals surface area (Å²) in [5.74, 6) is 0. The van der Waals surface area contributed by atoms with Crippen LogP contribution in [0.2, 0.25) is 0 Å². The van der Waals surface area contributed by atoms with Gasteiger partial charge in [-0.3, -0.25) is 20.2 Å². The van der Waals surface area contributed by atoms with Crippen molar-refractivity contribution in [3.8, 4) is 0 Å². The second-order valence-corrected chi connectivity index (χ2v) is 4.47. The number of anilines is 1. The lowest BCUT2D eigenvalue weighted by molar-refractivity contribution is -0.393. The number of alkyl halides is 3. The standard InChI is InChI=1S/C11H10F3N3O5/c12-11(13,14)7-5-8(16(18)19)10(9(6-7)17(20)21)15-1-3-22-4-2-15/h5-6H,1-4H2. The number of benzene rings is 1. The van der Waals surface area contributed by atoms with E-state index in [0.717, 1.165) is 0 Å². The Morgan fingerprint density at radius 1 is 1.05 bits per heavy atom. The molecule has 0 aliphatic carbocycles. The molecule has 0 bridgehead atoms. The lowest BCUT2D eigenvalue weighted by Gasteiger charge is -2.28. The molecule has 0 unspecified atom stereocenters. The Morgan fingerprint density at radius 2 is 1.50 bits per heavy atom. The third kappa shape index (κ3) is 3.08. The molecule has 1 aromatic rings. The predicted molar refractivity (Wildman–Crippen MR) is 67.8 cm³/mol. The number of morpholine rings is 1. The van der Waals surface area contributed by atoms with Gasteiger partial charge in [0, 0.05) is 25.2 Å². The zero-order valence-corrected chi connectivity index (χ0v) is 11.0. The van der Waals surface area contributed by atoms with Gasteiger partial charge in [0.05, 0.1) is 28.6 Å². The second kappa shape index (κ2) is 5.75. The van der Waals surface area contributed by atoms with E-state index in [1.165, 1.54) is 4.90 Å². The van der Waals surface area contributed by atoms with Crippen molar-refractivity contribution < 1.29 is 27.8 Å². The normalized spacial score (nSPS) is 15.7. The van der Waals surface area contributed by atoms with Gasteiger partial charge in [-0.15, -0.1) is 0 Å². The minimum absolute atomic E-state index is 0.118. The van der Waals surface area contributed by atoms with Gasteiger partial charge in [-0.1, -0.05) is 0 Å². The number of ether oxygens (including phenoxy) is 1. The van der Waals surface area contributed by atoms with Crippen LogP contribution in [0.15, 0.2) is 12.1 Å². The number of nitro benzene ring substituents is 2. The van der Waals surface area contributed by atoms with Crippen LogP contribution in [0, 0.1) is 20.2 Å². The van der Waals surface area contributed by atoms with Crippen molar-refractivity contribution in [1.29, 1.82) is 0 Å². The maximum absolute atomic E-state index is 12.8. The highest BCUT2D eigenvalue weighted by atomic mass is 19.4. The first-order valence-corrected chi connectivity index (χ1v) is 6.08. The smallest absolute Gasteiger partial charge is 0.378 e. The lowest BCUT2D eigenvalue weighted by atomic mass is 10.1. The van der Waals surface area contributed by atoms with E-state index in [4.69, 9.17) is 4.74 Å². The van der Waals surface area contributed by atoms with Gasteiger partial charge in [0.2, 0.25) is 0 Å². The molecule has 1 saturated heterocycles. The van der Waals surface area contributed by atoms with Gasteiger partial charge >= 0.3 is 6.18 Å². The van der Waals surface area contributed by atoms with E-state index in [-0.39, 0.29) is 26.3 Å². The molecule has 0 radical (unpaired) electrons. The first-order chi connectivity index (χ1) is 10.2. The average Bonchev–Trinajstić information content (AvgIpc) is 2.45. The van der Waals surface area contributed by atoms with Crippen molar-refractivity contribution in [2.24, 2.45) is 0 Å². The number of halogens is 3. The first kappa shape index (κ1) is 15.9. The first-order valence-electron chi connectivity index (χ1n) is 6.08. The average molecular weight is 321 g/mol. The molecular formula is C11H10F3N3O5. The minimum Gasteiger partial charge on any atom is -0.378 e. The molecule has 1 heterocycles. The summed E-state index contributed by atoms with van der Waals surface area (Å²) >= 11 is 0. The van der Waals surface area contributed by atoms with Crippen molar-refractivity contribution >= 4 is 17.1 Å². The third-order valence-corrected chi connectivity index (χ3v) is 3.12. The van der Waals surface area contributed by atoms with Crippen LogP contribution in [-0.4, -0.2) is 36.1 Å². The lowest BCUT2D eigenvalue weighted by Crippen LogP contribution is -2.37. The fraction of sp³-hybridized carbons (Fsp3) is 0.455. The third-order valence-electron chi connectivity index (χ3n) is 3.12. The highest BCUT2D eigenvalue weighted by Crippen LogP contribution is 2.43. The molecule has 0 saturated carbocycles. The van der Waals surface area contributed by atoms with Crippen LogP contribution in [0.3, 0.4) is 0 Å². The zero-order chi connectivity index (χ0) is 16.5. The van der Waals surface area contributed by atoms with E-state index in [1.54, 1.807) is 0 Å². The molecule has 120 valence electrons. The van der Waals surface area contributed by atoms with Gasteiger partial charge in [0.15, 0.2) is 5.69 Å². The molecule has 22 heavy (non-hydrogen) atoms. The van der Waals surface area contributed by atoms with Gasteiger partial charge in [0.1, 0.15) is 0 Å². The summed E-state index contributed by atoms with van der Waals surface area (Å²) in [6.07, 6.45) is -4.92. The summed E-state index contributed by atoms with van der Waals surface area (Å²) in [5.41, 5.74) is -3.74. The molecule has 0 amide bonds. The van der Waals surface area contributed by atoms with Gasteiger partial charge in [0.25, 0.3) is 11.4 Å². The van der Waals surface area contributed by atoms with Gasteiger partial charge in [-0.05, 0) is 0 Å². The van der Waals surface area contributed by atoms with Crippen LogP contribution in [0.25, 0.3) is 0 Å². The van der Waals surface area contributed by atoms with Crippen molar-refractivity contribution in [2.75, 3.05) is 31.2 Å². The predicted octanol–water partition coefficient (Wildman–Crippen LogP) is 2.36. The Balaban J connectivity index is 2.67. The largest absolute Gasteiger partial charge is 0.416 e. The maximum Gasteiger partial charge on any atom is 0.416 e. The highest BCUT2D eigenvalue weighted by molar-refractivity contribution is 5.76. The van der Waals surface area contributed by atoms with E-state index in [0.29, 0.717) is 12.1 Å². The van der Waals surface area contributed by atoms with Crippen LogP contribution < -0.4 is 4.90 Å². The molecule has 0 atom stereocenters. The van der Waals surface area contributed by atoms with Crippen LogP contribution >= 0.6 is 0 Å². The number of rotatable bonds is 3. The summed E-state index contributed by atoms with van der Waals surface area (Å²) in [4.78, 5) is 21.3. The number of hydrogen-bond donors (Lipinski definition) is 0. The summed E-state index contributed by atoms with van der Waals surface area (Å²) in [6.45, 7) is 0.588. The number of nitrogens with zero attached hydrogens (tertiary/aromatic N) is 3. The topological polar surface area (TPSA) is 98.8 Å². The van der Waals surface area contributed by atoms with E-state index in [2.05, 4.69) is 0 Å². The van der Waals surface area contributed by atoms with Gasteiger partial charge in [-0.2, -0.15) is 13.2 Å². The molecular weight excluding hydrogens is 311 g/mol. The van der Waals surface area contributed by atoms with E-state index in [1.807, 2.05) is 0 Å². The van der Waals surface area contributed by atoms with E-state index in [9.17, 15) is 33.4 Å². The quantitative estimate of drug-likeness (QED) is 0.626. The fourth-order valence-corrected chi connectivity index (χ4v) is 2.16. The van der Waals surface area contributed by atoms with Gasteiger partial charge < -0.3 is 9.64 Å². The van der Waals surface area contributed by atoms with Crippen molar-refractivity contribution in [3.05, 3.63) is 37.9 Å². The summed E-state index contributed by atoms with van der Waals surface area (Å²) in [7, 11) is 0. The summed E-state index contributed by atoms with van der Waals surface area (Å²) in [6, 6.07) is 0.635. The zero-order valence-electron chi connectivity index (χ0n) is 11.0. The van der Waals surface area contributed by atoms with Gasteiger partial charge in [-0.25, -0.2) is 0 Å². The molecule has 1 aliphatic heterocycles. The molecule has 1 aromatic carbocycles. The van der Waals surface area contributed by atoms with Crippen molar-refractivity contribution in [1.82, 2.24) is 0 Å². The second-order valence-electron chi connectivity index (χ2n) is 4.47. The summed E-state index contributed by atoms with van der Waals surface area (Å²) in [5, 5.41) is 22.2. The van der Waals surface area contributed by atoms with E-state index < -0.39 is 38.6 Å². The Kier molecular flexibility index (Phi) is 4.17. The Bertz CT molecular complexity index is 578. The number of nitro groups is 2. The fourth-order valence-electron chi connectivity index (χ4n) is 2.16. The van der Waals surface area contributed by atoms with Crippen LogP contribution in [-0.2, 0) is 10.9 Å². The van der Waals surface area contributed by atoms with Crippen LogP contribution in [0.4, 0.5) is 30.2 Å². The maximum atomic E-state index is 12.8. The molecule has 0 spiro atoms. The van der Waals surface area contributed by atoms with Crippen molar-refractivity contribution in [3.63, 3.8) is 0 Å². The van der Waals surface area contributed by atoms with Crippen LogP contribution in [0.5, 0.6) is 0 Å². The molecule has 8 nitrogen and oxygen atoms in total. The van der Waals surface area contributed by atoms with Crippen LogP contribution in [0.1, 0.15) is 5.56 Å². The Hall–Kier alpha value is -2.43. The molecule has 11 heteroatoms. The minimum atomic E-state index is -4.92. The van der Waals surface area contributed by atoms with E-state index >= 15 is 0 Å².